The van der Waals surface area contributed by atoms with Crippen molar-refractivity contribution in [1.82, 2.24) is 0 Å². The summed E-state index contributed by atoms with van der Waals surface area (Å²) in [5, 5.41) is 22.0. The topological polar surface area (TPSA) is 46.3 Å². The van der Waals surface area contributed by atoms with Crippen LogP contribution in [0.4, 0.5) is 0 Å². The third kappa shape index (κ3) is 3.56. The van der Waals surface area contributed by atoms with Crippen LogP contribution >= 0.6 is 0 Å². The third-order valence-corrected chi connectivity index (χ3v) is 2.83. The Hall–Kier alpha value is -1.35. The molecule has 0 saturated heterocycles. The molecule has 0 spiro atoms. The molecule has 1 rings (SSSR count). The van der Waals surface area contributed by atoms with Gasteiger partial charge in [0.05, 0.1) is 6.10 Å². The molecular formula is C14H21NO2. The van der Waals surface area contributed by atoms with Crippen molar-refractivity contribution < 1.29 is 9.85 Å². The van der Waals surface area contributed by atoms with E-state index in [4.69, 9.17) is 0 Å². The van der Waals surface area contributed by atoms with Gasteiger partial charge >= 0.3 is 0 Å². The molecule has 1 atom stereocenters. The molecule has 3 nitrogen and oxygen atoms in total. The van der Waals surface area contributed by atoms with Crippen molar-refractivity contribution in [1.29, 1.82) is 0 Å². The summed E-state index contributed by atoms with van der Waals surface area (Å²) in [6.45, 7) is 7.26. The highest BCUT2D eigenvalue weighted by atomic mass is 16.5. The fourth-order valence-electron chi connectivity index (χ4n) is 1.95. The van der Waals surface area contributed by atoms with Crippen molar-refractivity contribution in [3.8, 4) is 0 Å². The van der Waals surface area contributed by atoms with Gasteiger partial charge in [-0.1, -0.05) is 30.3 Å². The van der Waals surface area contributed by atoms with Crippen LogP contribution in [0.1, 0.15) is 45.8 Å². The Kier molecular flexibility index (Phi) is 4.29. The van der Waals surface area contributed by atoms with E-state index in [1.54, 1.807) is 13.8 Å². The largest absolute Gasteiger partial charge is 0.623 e. The van der Waals surface area contributed by atoms with Gasteiger partial charge in [-0.3, -0.25) is 0 Å². The average Bonchev–Trinajstić information content (AvgIpc) is 2.28. The van der Waals surface area contributed by atoms with Crippen LogP contribution in [-0.4, -0.2) is 21.1 Å². The molecule has 17 heavy (non-hydrogen) atoms. The molecule has 1 aromatic rings. The Balaban J connectivity index is 2.82. The molecule has 0 aliphatic heterocycles. The molecule has 1 unspecified atom stereocenters. The van der Waals surface area contributed by atoms with E-state index < -0.39 is 11.6 Å². The minimum absolute atomic E-state index is 0.408. The van der Waals surface area contributed by atoms with Gasteiger partial charge in [-0.05, 0) is 5.56 Å². The van der Waals surface area contributed by atoms with Gasteiger partial charge in [0.1, 0.15) is 0 Å². The van der Waals surface area contributed by atoms with Crippen LogP contribution < -0.4 is 0 Å². The zero-order valence-corrected chi connectivity index (χ0v) is 11.0. The SMILES string of the molecule is CC(C)=[N+]([O-])C(C)(C)CC(O)c1ccccc1. The van der Waals surface area contributed by atoms with Gasteiger partial charge in [0, 0.05) is 34.1 Å². The van der Waals surface area contributed by atoms with Crippen molar-refractivity contribution in [2.45, 2.75) is 45.8 Å². The maximum Gasteiger partial charge on any atom is 0.170 e. The van der Waals surface area contributed by atoms with Crippen LogP contribution in [0, 0.1) is 5.21 Å². The number of hydrogen-bond acceptors (Lipinski definition) is 2. The van der Waals surface area contributed by atoms with Crippen LogP contribution in [-0.2, 0) is 0 Å². The first kappa shape index (κ1) is 13.7. The fraction of sp³-hybridized carbons (Fsp3) is 0.500. The Bertz CT molecular complexity index is 392. The second kappa shape index (κ2) is 5.32. The van der Waals surface area contributed by atoms with E-state index in [-0.39, 0.29) is 0 Å². The van der Waals surface area contributed by atoms with Gasteiger partial charge in [-0.2, -0.15) is 0 Å². The smallest absolute Gasteiger partial charge is 0.170 e. The average molecular weight is 235 g/mol. The van der Waals surface area contributed by atoms with Crippen molar-refractivity contribution in [3.05, 3.63) is 41.1 Å². The van der Waals surface area contributed by atoms with E-state index in [9.17, 15) is 10.3 Å². The quantitative estimate of drug-likeness (QED) is 0.377. The van der Waals surface area contributed by atoms with E-state index in [2.05, 4.69) is 0 Å². The summed E-state index contributed by atoms with van der Waals surface area (Å²) in [7, 11) is 0. The molecule has 0 saturated carbocycles. The molecule has 0 radical (unpaired) electrons. The maximum absolute atomic E-state index is 11.9. The van der Waals surface area contributed by atoms with Crippen molar-refractivity contribution in [2.24, 2.45) is 0 Å². The number of hydroxylamine groups is 1. The lowest BCUT2D eigenvalue weighted by Crippen LogP contribution is -2.36. The minimum Gasteiger partial charge on any atom is -0.623 e. The summed E-state index contributed by atoms with van der Waals surface area (Å²) in [6, 6.07) is 9.43. The molecule has 0 amide bonds. The Labute approximate surface area is 103 Å². The highest BCUT2D eigenvalue weighted by Gasteiger charge is 2.31. The molecule has 0 aliphatic carbocycles. The summed E-state index contributed by atoms with van der Waals surface area (Å²) in [6.07, 6.45) is -0.201. The highest BCUT2D eigenvalue weighted by molar-refractivity contribution is 5.74. The van der Waals surface area contributed by atoms with E-state index >= 15 is 0 Å². The third-order valence-electron chi connectivity index (χ3n) is 2.83. The molecular weight excluding hydrogens is 214 g/mol. The highest BCUT2D eigenvalue weighted by Crippen LogP contribution is 2.25. The molecule has 1 N–H and O–H groups in total. The van der Waals surface area contributed by atoms with Gasteiger partial charge in [-0.15, -0.1) is 0 Å². The molecule has 0 fully saturated rings. The molecule has 0 heterocycles. The minimum atomic E-state index is -0.609. The summed E-state index contributed by atoms with van der Waals surface area (Å²) in [5.74, 6) is 0. The van der Waals surface area contributed by atoms with Gasteiger partial charge in [0.25, 0.3) is 0 Å². The number of nitrogens with zero attached hydrogens (tertiary/aromatic N) is 1. The Morgan fingerprint density at radius 3 is 2.29 bits per heavy atom. The lowest BCUT2D eigenvalue weighted by Gasteiger charge is -2.27. The first-order valence-corrected chi connectivity index (χ1v) is 5.85. The molecule has 3 heteroatoms. The van der Waals surface area contributed by atoms with E-state index in [0.717, 1.165) is 10.3 Å². The van der Waals surface area contributed by atoms with Crippen LogP contribution in [0.25, 0.3) is 0 Å². The zero-order chi connectivity index (χ0) is 13.1. The molecule has 0 bridgehead atoms. The predicted octanol–water partition coefficient (Wildman–Crippen LogP) is 2.88. The van der Waals surface area contributed by atoms with Gasteiger partial charge < -0.3 is 10.3 Å². The maximum atomic E-state index is 11.9. The summed E-state index contributed by atoms with van der Waals surface area (Å²) in [4.78, 5) is 0. The fourth-order valence-corrected chi connectivity index (χ4v) is 1.95. The van der Waals surface area contributed by atoms with E-state index in [1.807, 2.05) is 44.2 Å². The van der Waals surface area contributed by atoms with Gasteiger partial charge in [-0.25, -0.2) is 4.74 Å². The first-order valence-electron chi connectivity index (χ1n) is 5.85. The van der Waals surface area contributed by atoms with Crippen LogP contribution in [0.5, 0.6) is 0 Å². The summed E-state index contributed by atoms with van der Waals surface area (Å²) >= 11 is 0. The first-order chi connectivity index (χ1) is 7.84. The molecule has 0 aliphatic rings. The van der Waals surface area contributed by atoms with Crippen LogP contribution in [0.2, 0.25) is 0 Å². The summed E-state index contributed by atoms with van der Waals surface area (Å²) in [5.41, 5.74) is 0.951. The summed E-state index contributed by atoms with van der Waals surface area (Å²) < 4.78 is 0.971. The lowest BCUT2D eigenvalue weighted by atomic mass is 9.93. The monoisotopic (exact) mass is 235 g/mol. The number of aliphatic hydroxyl groups excluding tert-OH is 1. The van der Waals surface area contributed by atoms with Gasteiger partial charge in [0.15, 0.2) is 11.3 Å². The van der Waals surface area contributed by atoms with Crippen molar-refractivity contribution >= 4 is 5.71 Å². The second-order valence-electron chi connectivity index (χ2n) is 5.18. The molecule has 0 aromatic heterocycles. The number of aliphatic hydroxyl groups is 1. The van der Waals surface area contributed by atoms with Crippen LogP contribution in [0.3, 0.4) is 0 Å². The lowest BCUT2D eigenvalue weighted by molar-refractivity contribution is -0.544. The standard InChI is InChI=1S/C14H21NO2/c1-11(2)15(17)14(3,4)10-13(16)12-8-6-5-7-9-12/h5-9,13,16H,10H2,1-4H3. The zero-order valence-electron chi connectivity index (χ0n) is 11.0. The molecule has 94 valence electrons. The predicted molar refractivity (Wildman–Crippen MR) is 70.1 cm³/mol. The second-order valence-corrected chi connectivity index (χ2v) is 5.18. The van der Waals surface area contributed by atoms with Crippen molar-refractivity contribution in [3.63, 3.8) is 0 Å². The normalized spacial score (nSPS) is 13.2. The Morgan fingerprint density at radius 2 is 1.82 bits per heavy atom. The van der Waals surface area contributed by atoms with E-state index in [0.29, 0.717) is 12.1 Å². The van der Waals surface area contributed by atoms with Gasteiger partial charge in [0.2, 0.25) is 0 Å². The van der Waals surface area contributed by atoms with Crippen molar-refractivity contribution in [2.75, 3.05) is 0 Å². The number of benzene rings is 1. The van der Waals surface area contributed by atoms with E-state index in [1.165, 1.54) is 0 Å². The Morgan fingerprint density at radius 1 is 1.29 bits per heavy atom. The number of rotatable bonds is 4. The number of hydrogen-bond donors (Lipinski definition) is 1. The van der Waals surface area contributed by atoms with Crippen LogP contribution in [0.15, 0.2) is 30.3 Å². The molecule has 1 aromatic carbocycles.